The normalized spacial score (nSPS) is 10.2. The number of benzene rings is 2. The highest BCUT2D eigenvalue weighted by Gasteiger charge is 2.05. The molecular weight excluding hydrogens is 250 g/mol. The first-order valence-electron chi connectivity index (χ1n) is 6.66. The molecule has 0 spiro atoms. The van der Waals surface area contributed by atoms with Crippen LogP contribution in [0.1, 0.15) is 16.7 Å². The summed E-state index contributed by atoms with van der Waals surface area (Å²) in [5, 5.41) is 3.42. The fourth-order valence-corrected chi connectivity index (χ4v) is 2.15. The second-order valence-corrected chi connectivity index (χ2v) is 4.78. The molecule has 0 fully saturated rings. The number of rotatable bonds is 5. The summed E-state index contributed by atoms with van der Waals surface area (Å²) in [4.78, 5) is 0. The minimum Gasteiger partial charge on any atom is -0.493 e. The average Bonchev–Trinajstić information content (AvgIpc) is 2.48. The van der Waals surface area contributed by atoms with E-state index in [1.165, 1.54) is 16.7 Å². The molecule has 0 heterocycles. The van der Waals surface area contributed by atoms with Gasteiger partial charge in [-0.05, 0) is 42.7 Å². The van der Waals surface area contributed by atoms with Crippen LogP contribution in [0.25, 0.3) is 0 Å². The molecule has 0 saturated heterocycles. The molecule has 0 unspecified atom stereocenters. The zero-order chi connectivity index (χ0) is 14.5. The molecule has 1 N–H and O–H groups in total. The first-order chi connectivity index (χ1) is 9.65. The van der Waals surface area contributed by atoms with Crippen LogP contribution < -0.4 is 14.8 Å². The second kappa shape index (κ2) is 6.33. The van der Waals surface area contributed by atoms with Crippen molar-refractivity contribution in [1.29, 1.82) is 0 Å². The standard InChI is InChI=1S/C17H21NO2/c1-12-6-5-7-14(13(12)2)11-18-15-8-9-16(19-3)17(10-15)20-4/h5-10,18H,11H2,1-4H3. The van der Waals surface area contributed by atoms with Crippen molar-refractivity contribution in [3.8, 4) is 11.5 Å². The Morgan fingerprint density at radius 2 is 1.70 bits per heavy atom. The van der Waals surface area contributed by atoms with Gasteiger partial charge < -0.3 is 14.8 Å². The average molecular weight is 271 g/mol. The van der Waals surface area contributed by atoms with E-state index in [0.29, 0.717) is 0 Å². The quantitative estimate of drug-likeness (QED) is 0.893. The molecule has 0 aliphatic heterocycles. The molecule has 2 aromatic carbocycles. The maximum absolute atomic E-state index is 5.31. The maximum Gasteiger partial charge on any atom is 0.162 e. The van der Waals surface area contributed by atoms with Crippen LogP contribution in [0.3, 0.4) is 0 Å². The molecule has 0 aromatic heterocycles. The molecule has 3 nitrogen and oxygen atoms in total. The zero-order valence-corrected chi connectivity index (χ0v) is 12.5. The van der Waals surface area contributed by atoms with Gasteiger partial charge in [-0.2, -0.15) is 0 Å². The van der Waals surface area contributed by atoms with Crippen LogP contribution in [0, 0.1) is 13.8 Å². The smallest absolute Gasteiger partial charge is 0.162 e. The summed E-state index contributed by atoms with van der Waals surface area (Å²) in [7, 11) is 3.29. The van der Waals surface area contributed by atoms with Crippen LogP contribution in [0.2, 0.25) is 0 Å². The first kappa shape index (κ1) is 14.3. The van der Waals surface area contributed by atoms with E-state index in [2.05, 4.69) is 37.4 Å². The van der Waals surface area contributed by atoms with Crippen LogP contribution in [-0.4, -0.2) is 14.2 Å². The monoisotopic (exact) mass is 271 g/mol. The third-order valence-electron chi connectivity index (χ3n) is 3.58. The molecule has 2 rings (SSSR count). The summed E-state index contributed by atoms with van der Waals surface area (Å²) < 4.78 is 10.5. The van der Waals surface area contributed by atoms with E-state index in [-0.39, 0.29) is 0 Å². The molecule has 0 aliphatic rings. The Labute approximate surface area is 120 Å². The molecule has 0 saturated carbocycles. The van der Waals surface area contributed by atoms with Gasteiger partial charge in [0.05, 0.1) is 14.2 Å². The lowest BCUT2D eigenvalue weighted by Crippen LogP contribution is -2.02. The van der Waals surface area contributed by atoms with E-state index in [1.54, 1.807) is 14.2 Å². The van der Waals surface area contributed by atoms with Gasteiger partial charge in [0.25, 0.3) is 0 Å². The fraction of sp³-hybridized carbons (Fsp3) is 0.294. The SMILES string of the molecule is COc1ccc(NCc2cccc(C)c2C)cc1OC. The molecule has 0 atom stereocenters. The van der Waals surface area contributed by atoms with Gasteiger partial charge in [-0.25, -0.2) is 0 Å². The minimum absolute atomic E-state index is 0.735. The van der Waals surface area contributed by atoms with Gasteiger partial charge in [0.15, 0.2) is 11.5 Å². The highest BCUT2D eigenvalue weighted by molar-refractivity contribution is 5.55. The van der Waals surface area contributed by atoms with Crippen molar-refractivity contribution < 1.29 is 9.47 Å². The van der Waals surface area contributed by atoms with E-state index in [4.69, 9.17) is 9.47 Å². The predicted molar refractivity (Wildman–Crippen MR) is 82.8 cm³/mol. The van der Waals surface area contributed by atoms with E-state index >= 15 is 0 Å². The van der Waals surface area contributed by atoms with Crippen LogP contribution in [0.15, 0.2) is 36.4 Å². The summed E-state index contributed by atoms with van der Waals surface area (Å²) in [6.45, 7) is 5.08. The highest BCUT2D eigenvalue weighted by Crippen LogP contribution is 2.30. The molecule has 0 aliphatic carbocycles. The summed E-state index contributed by atoms with van der Waals surface area (Å²) in [5.41, 5.74) is 4.97. The van der Waals surface area contributed by atoms with Gasteiger partial charge in [-0.1, -0.05) is 18.2 Å². The van der Waals surface area contributed by atoms with Gasteiger partial charge in [-0.3, -0.25) is 0 Å². The third-order valence-corrected chi connectivity index (χ3v) is 3.58. The van der Waals surface area contributed by atoms with Gasteiger partial charge >= 0.3 is 0 Å². The Morgan fingerprint density at radius 1 is 0.950 bits per heavy atom. The number of aryl methyl sites for hydroxylation is 1. The number of hydrogen-bond donors (Lipinski definition) is 1. The van der Waals surface area contributed by atoms with Gasteiger partial charge in [0.1, 0.15) is 0 Å². The molecule has 0 bridgehead atoms. The molecule has 20 heavy (non-hydrogen) atoms. The lowest BCUT2D eigenvalue weighted by molar-refractivity contribution is 0.355. The Morgan fingerprint density at radius 3 is 2.40 bits per heavy atom. The van der Waals surface area contributed by atoms with Crippen molar-refractivity contribution in [1.82, 2.24) is 0 Å². The topological polar surface area (TPSA) is 30.5 Å². The van der Waals surface area contributed by atoms with E-state index in [0.717, 1.165) is 23.7 Å². The number of hydrogen-bond acceptors (Lipinski definition) is 3. The summed E-state index contributed by atoms with van der Waals surface area (Å²) >= 11 is 0. The minimum atomic E-state index is 0.735. The first-order valence-corrected chi connectivity index (χ1v) is 6.66. The molecule has 0 radical (unpaired) electrons. The number of methoxy groups -OCH3 is 2. The number of anilines is 1. The lowest BCUT2D eigenvalue weighted by Gasteiger charge is -2.13. The Hall–Kier alpha value is -2.16. The molecule has 3 heteroatoms. The van der Waals surface area contributed by atoms with Gasteiger partial charge in [0, 0.05) is 18.3 Å². The maximum atomic E-state index is 5.31. The lowest BCUT2D eigenvalue weighted by atomic mass is 10.0. The second-order valence-electron chi connectivity index (χ2n) is 4.78. The third kappa shape index (κ3) is 3.05. The Kier molecular flexibility index (Phi) is 4.51. The highest BCUT2D eigenvalue weighted by atomic mass is 16.5. The molecular formula is C17H21NO2. The fourth-order valence-electron chi connectivity index (χ4n) is 2.15. The van der Waals surface area contributed by atoms with Crippen molar-refractivity contribution in [2.24, 2.45) is 0 Å². The van der Waals surface area contributed by atoms with Crippen LogP contribution in [-0.2, 0) is 6.54 Å². The van der Waals surface area contributed by atoms with Crippen LogP contribution >= 0.6 is 0 Å². The largest absolute Gasteiger partial charge is 0.493 e. The molecule has 106 valence electrons. The van der Waals surface area contributed by atoms with Crippen molar-refractivity contribution >= 4 is 5.69 Å². The van der Waals surface area contributed by atoms with Crippen molar-refractivity contribution in [2.75, 3.05) is 19.5 Å². The van der Waals surface area contributed by atoms with Crippen LogP contribution in [0.5, 0.6) is 11.5 Å². The van der Waals surface area contributed by atoms with Crippen molar-refractivity contribution in [2.45, 2.75) is 20.4 Å². The summed E-state index contributed by atoms with van der Waals surface area (Å²) in [6.07, 6.45) is 0. The van der Waals surface area contributed by atoms with Gasteiger partial charge in [0.2, 0.25) is 0 Å². The molecule has 2 aromatic rings. The molecule has 0 amide bonds. The summed E-state index contributed by atoms with van der Waals surface area (Å²) in [5.74, 6) is 1.48. The van der Waals surface area contributed by atoms with Crippen molar-refractivity contribution in [3.63, 3.8) is 0 Å². The van der Waals surface area contributed by atoms with E-state index in [9.17, 15) is 0 Å². The van der Waals surface area contributed by atoms with Crippen molar-refractivity contribution in [3.05, 3.63) is 53.1 Å². The Bertz CT molecular complexity index is 594. The van der Waals surface area contributed by atoms with Gasteiger partial charge in [-0.15, -0.1) is 0 Å². The summed E-state index contributed by atoms with van der Waals surface area (Å²) in [6, 6.07) is 12.2. The number of ether oxygens (including phenoxy) is 2. The Balaban J connectivity index is 2.13. The number of nitrogens with one attached hydrogen (secondary N) is 1. The zero-order valence-electron chi connectivity index (χ0n) is 12.5. The van der Waals surface area contributed by atoms with E-state index < -0.39 is 0 Å². The van der Waals surface area contributed by atoms with E-state index in [1.807, 2.05) is 18.2 Å². The predicted octanol–water partition coefficient (Wildman–Crippen LogP) is 3.93. The van der Waals surface area contributed by atoms with Crippen LogP contribution in [0.4, 0.5) is 5.69 Å².